The molecule has 2 aromatic rings. The van der Waals surface area contributed by atoms with Crippen molar-refractivity contribution in [1.29, 1.82) is 0 Å². The van der Waals surface area contributed by atoms with Crippen molar-refractivity contribution in [3.05, 3.63) is 65.2 Å². The number of nitrogens with one attached hydrogen (secondary N) is 1. The van der Waals surface area contributed by atoms with Crippen molar-refractivity contribution in [2.45, 2.75) is 31.7 Å². The Morgan fingerprint density at radius 2 is 1.75 bits per heavy atom. The third-order valence-corrected chi connectivity index (χ3v) is 3.74. The molecule has 0 fully saturated rings. The second kappa shape index (κ2) is 7.68. The van der Waals surface area contributed by atoms with Gasteiger partial charge in [-0.3, -0.25) is 0 Å². The smallest absolute Gasteiger partial charge is 0.416 e. The summed E-state index contributed by atoms with van der Waals surface area (Å²) in [5.41, 5.74) is 0.478. The molecule has 0 radical (unpaired) electrons. The van der Waals surface area contributed by atoms with Crippen molar-refractivity contribution in [2.75, 3.05) is 6.54 Å². The van der Waals surface area contributed by atoms with Gasteiger partial charge in [-0.1, -0.05) is 24.3 Å². The molecule has 2 unspecified atom stereocenters. The summed E-state index contributed by atoms with van der Waals surface area (Å²) in [5.74, 6) is 0.194. The lowest BCUT2D eigenvalue weighted by Crippen LogP contribution is -2.32. The minimum atomic E-state index is -4.42. The Morgan fingerprint density at radius 3 is 2.38 bits per heavy atom. The molecule has 0 saturated heterocycles. The summed E-state index contributed by atoms with van der Waals surface area (Å²) >= 11 is 0. The van der Waals surface area contributed by atoms with E-state index in [9.17, 15) is 23.4 Å². The van der Waals surface area contributed by atoms with Crippen molar-refractivity contribution >= 4 is 0 Å². The summed E-state index contributed by atoms with van der Waals surface area (Å²) in [6.45, 7) is 2.08. The zero-order chi connectivity index (χ0) is 17.7. The third kappa shape index (κ3) is 5.25. The molecule has 0 aromatic heterocycles. The van der Waals surface area contributed by atoms with E-state index in [4.69, 9.17) is 0 Å². The summed E-state index contributed by atoms with van der Waals surface area (Å²) in [7, 11) is 0. The summed E-state index contributed by atoms with van der Waals surface area (Å²) in [4.78, 5) is 0. The van der Waals surface area contributed by atoms with Crippen LogP contribution in [0.15, 0.2) is 48.5 Å². The fourth-order valence-corrected chi connectivity index (χ4v) is 2.41. The molecule has 0 aliphatic carbocycles. The van der Waals surface area contributed by atoms with Crippen LogP contribution in [0.1, 0.15) is 29.7 Å². The summed E-state index contributed by atoms with van der Waals surface area (Å²) in [6, 6.07) is 11.5. The highest BCUT2D eigenvalue weighted by atomic mass is 19.4. The van der Waals surface area contributed by atoms with E-state index in [-0.39, 0.29) is 23.9 Å². The van der Waals surface area contributed by atoms with Crippen LogP contribution in [0.3, 0.4) is 0 Å². The lowest BCUT2D eigenvalue weighted by atomic mass is 10.0. The van der Waals surface area contributed by atoms with Gasteiger partial charge in [0.2, 0.25) is 0 Å². The number of phenols is 1. The highest BCUT2D eigenvalue weighted by Crippen LogP contribution is 2.30. The van der Waals surface area contributed by atoms with E-state index >= 15 is 0 Å². The molecule has 0 amide bonds. The molecule has 2 atom stereocenters. The second-order valence-corrected chi connectivity index (χ2v) is 5.82. The number of benzene rings is 2. The van der Waals surface area contributed by atoms with Gasteiger partial charge in [0.25, 0.3) is 0 Å². The van der Waals surface area contributed by atoms with Crippen LogP contribution in [-0.2, 0) is 12.6 Å². The number of halogens is 3. The monoisotopic (exact) mass is 339 g/mol. The maximum Gasteiger partial charge on any atom is 0.416 e. The number of hydrogen-bond acceptors (Lipinski definition) is 3. The fourth-order valence-electron chi connectivity index (χ4n) is 2.41. The molecule has 2 rings (SSSR count). The highest BCUT2D eigenvalue weighted by molar-refractivity contribution is 5.28. The number of hydrogen-bond donors (Lipinski definition) is 3. The topological polar surface area (TPSA) is 52.5 Å². The largest absolute Gasteiger partial charge is 0.508 e. The van der Waals surface area contributed by atoms with Crippen molar-refractivity contribution in [1.82, 2.24) is 5.32 Å². The lowest BCUT2D eigenvalue weighted by molar-refractivity contribution is -0.137. The number of aromatic hydroxyl groups is 1. The Morgan fingerprint density at radius 1 is 1.08 bits per heavy atom. The van der Waals surface area contributed by atoms with Gasteiger partial charge in [-0.2, -0.15) is 13.2 Å². The standard InChI is InChI=1S/C18H20F3NO2/c1-12(9-13-5-7-16(23)8-6-13)22-11-17(24)14-3-2-4-15(10-14)18(19,20)21/h2-8,10,12,17,22-24H,9,11H2,1H3. The summed E-state index contributed by atoms with van der Waals surface area (Å²) in [5, 5.41) is 22.5. The summed E-state index contributed by atoms with van der Waals surface area (Å²) < 4.78 is 38.1. The van der Waals surface area contributed by atoms with E-state index in [1.54, 1.807) is 24.3 Å². The van der Waals surface area contributed by atoms with Crippen LogP contribution in [0.25, 0.3) is 0 Å². The van der Waals surface area contributed by atoms with E-state index in [2.05, 4.69) is 5.32 Å². The molecule has 0 spiro atoms. The first-order valence-electron chi connectivity index (χ1n) is 7.62. The Bertz CT molecular complexity index is 656. The molecule has 0 aliphatic heterocycles. The Kier molecular flexibility index (Phi) is 5.85. The minimum absolute atomic E-state index is 0.0231. The third-order valence-electron chi connectivity index (χ3n) is 3.74. The molecule has 3 N–H and O–H groups in total. The van der Waals surface area contributed by atoms with Gasteiger partial charge in [-0.15, -0.1) is 0 Å². The lowest BCUT2D eigenvalue weighted by Gasteiger charge is -2.18. The quantitative estimate of drug-likeness (QED) is 0.753. The van der Waals surface area contributed by atoms with E-state index in [0.29, 0.717) is 6.42 Å². The van der Waals surface area contributed by atoms with Gasteiger partial charge < -0.3 is 15.5 Å². The van der Waals surface area contributed by atoms with Crippen LogP contribution in [0.5, 0.6) is 5.75 Å². The van der Waals surface area contributed by atoms with Gasteiger partial charge in [0.1, 0.15) is 5.75 Å². The first kappa shape index (κ1) is 18.3. The Balaban J connectivity index is 1.90. The SMILES string of the molecule is CC(Cc1ccc(O)cc1)NCC(O)c1cccc(C(F)(F)F)c1. The Hall–Kier alpha value is -2.05. The van der Waals surface area contributed by atoms with Crippen LogP contribution < -0.4 is 5.32 Å². The van der Waals surface area contributed by atoms with Crippen molar-refractivity contribution < 1.29 is 23.4 Å². The van der Waals surface area contributed by atoms with E-state index in [1.807, 2.05) is 6.92 Å². The molecule has 130 valence electrons. The number of aliphatic hydroxyl groups is 1. The number of aliphatic hydroxyl groups excluding tert-OH is 1. The molecule has 0 heterocycles. The van der Waals surface area contributed by atoms with Crippen molar-refractivity contribution in [3.8, 4) is 5.75 Å². The molecule has 0 saturated carbocycles. The van der Waals surface area contributed by atoms with Crippen LogP contribution in [0, 0.1) is 0 Å². The summed E-state index contributed by atoms with van der Waals surface area (Å²) in [6.07, 6.45) is -4.76. The average Bonchev–Trinajstić information content (AvgIpc) is 2.54. The van der Waals surface area contributed by atoms with Gasteiger partial charge in [-0.25, -0.2) is 0 Å². The minimum Gasteiger partial charge on any atom is -0.508 e. The van der Waals surface area contributed by atoms with Crippen LogP contribution >= 0.6 is 0 Å². The van der Waals surface area contributed by atoms with E-state index in [0.717, 1.165) is 17.7 Å². The van der Waals surface area contributed by atoms with Crippen LogP contribution in [0.2, 0.25) is 0 Å². The Labute approximate surface area is 138 Å². The predicted octanol–water partition coefficient (Wildman–Crippen LogP) is 3.67. The zero-order valence-electron chi connectivity index (χ0n) is 13.2. The molecule has 2 aromatic carbocycles. The van der Waals surface area contributed by atoms with Gasteiger partial charge in [0.05, 0.1) is 11.7 Å². The molecule has 3 nitrogen and oxygen atoms in total. The van der Waals surface area contributed by atoms with E-state index in [1.165, 1.54) is 12.1 Å². The maximum absolute atomic E-state index is 12.7. The molecule has 6 heteroatoms. The van der Waals surface area contributed by atoms with Gasteiger partial charge in [0, 0.05) is 12.6 Å². The molecule has 0 bridgehead atoms. The molecular formula is C18H20F3NO2. The molecule has 0 aliphatic rings. The zero-order valence-corrected chi connectivity index (χ0v) is 13.2. The molecule has 24 heavy (non-hydrogen) atoms. The van der Waals surface area contributed by atoms with E-state index < -0.39 is 17.8 Å². The van der Waals surface area contributed by atoms with Gasteiger partial charge in [0.15, 0.2) is 0 Å². The maximum atomic E-state index is 12.7. The fraction of sp³-hybridized carbons (Fsp3) is 0.333. The predicted molar refractivity (Wildman–Crippen MR) is 85.7 cm³/mol. The number of rotatable bonds is 6. The highest BCUT2D eigenvalue weighted by Gasteiger charge is 2.30. The number of phenolic OH excluding ortho intramolecular Hbond substituents is 1. The van der Waals surface area contributed by atoms with Crippen LogP contribution in [-0.4, -0.2) is 22.8 Å². The van der Waals surface area contributed by atoms with Crippen LogP contribution in [0.4, 0.5) is 13.2 Å². The number of alkyl halides is 3. The molecular weight excluding hydrogens is 319 g/mol. The first-order valence-corrected chi connectivity index (χ1v) is 7.62. The van der Waals surface area contributed by atoms with Gasteiger partial charge >= 0.3 is 6.18 Å². The normalized spacial score (nSPS) is 14.4. The second-order valence-electron chi connectivity index (χ2n) is 5.82. The first-order chi connectivity index (χ1) is 11.3. The van der Waals surface area contributed by atoms with Crippen molar-refractivity contribution in [3.63, 3.8) is 0 Å². The van der Waals surface area contributed by atoms with Crippen molar-refractivity contribution in [2.24, 2.45) is 0 Å². The average molecular weight is 339 g/mol. The van der Waals surface area contributed by atoms with Gasteiger partial charge in [-0.05, 0) is 48.7 Å².